The number of likely N-dealkylation sites (N-methyl/N-ethyl adjacent to an activating group) is 2. The fourth-order valence-electron chi connectivity index (χ4n) is 12.9. The number of unbranched alkanes of at least 4 members (excludes halogenated alkanes) is 2. The Hall–Kier alpha value is -7.37. The first kappa shape index (κ1) is 79.1. The normalized spacial score (nSPS) is 17.5. The van der Waals surface area contributed by atoms with Gasteiger partial charge in [-0.1, -0.05) is 130 Å². The smallest absolute Gasteiger partial charge is 0.410 e. The molecule has 9 amide bonds. The predicted molar refractivity (Wildman–Crippen MR) is 356 cm³/mol. The number of ether oxygens (including phenoxy) is 2. The third kappa shape index (κ3) is 23.2. The first-order valence-corrected chi connectivity index (χ1v) is 33.6. The molecule has 522 valence electrons. The molecule has 94 heavy (non-hydrogen) atoms. The van der Waals surface area contributed by atoms with E-state index in [1.165, 1.54) is 31.2 Å². The monoisotopic (exact) mass is 1310 g/mol. The van der Waals surface area contributed by atoms with Crippen LogP contribution >= 0.6 is 0 Å². The summed E-state index contributed by atoms with van der Waals surface area (Å²) in [6.07, 6.45) is 3.78. The van der Waals surface area contributed by atoms with Crippen molar-refractivity contribution in [2.45, 2.75) is 202 Å². The van der Waals surface area contributed by atoms with Crippen molar-refractivity contribution in [2.75, 3.05) is 47.4 Å². The Balaban J connectivity index is 1.37. The second-order valence-electron chi connectivity index (χ2n) is 26.8. The molecule has 12 atom stereocenters. The molecule has 1 saturated heterocycles. The van der Waals surface area contributed by atoms with Gasteiger partial charge in [0.1, 0.15) is 12.4 Å². The number of rotatable bonds is 41. The molecule has 2 aliphatic rings. The van der Waals surface area contributed by atoms with Gasteiger partial charge in [-0.3, -0.25) is 48.1 Å². The van der Waals surface area contributed by atoms with Crippen LogP contribution in [0.15, 0.2) is 66.7 Å². The third-order valence-corrected chi connectivity index (χ3v) is 18.9. The molecule has 1 unspecified atom stereocenters. The number of benzene rings is 2. The lowest BCUT2D eigenvalue weighted by Crippen LogP contribution is -2.54. The number of methoxy groups -OCH3 is 1. The molecule has 2 aliphatic heterocycles. The number of likely N-dealkylation sites (tertiary alicyclic amines) is 1. The summed E-state index contributed by atoms with van der Waals surface area (Å²) in [6.45, 7) is 18.7. The molecule has 0 saturated carbocycles. The minimum Gasteiger partial charge on any atom is -0.445 e. The van der Waals surface area contributed by atoms with E-state index in [1.807, 2.05) is 47.6 Å². The van der Waals surface area contributed by atoms with E-state index >= 15 is 0 Å². The molecule has 0 aromatic heterocycles. The molecule has 4 rings (SSSR count). The van der Waals surface area contributed by atoms with Gasteiger partial charge in [-0.05, 0) is 85.8 Å². The van der Waals surface area contributed by atoms with E-state index in [4.69, 9.17) is 15.2 Å². The number of hydrogen-bond donors (Lipinski definition) is 6. The van der Waals surface area contributed by atoms with Crippen LogP contribution < -0.4 is 21.7 Å². The summed E-state index contributed by atoms with van der Waals surface area (Å²) in [4.78, 5) is 153. The van der Waals surface area contributed by atoms with Crippen LogP contribution in [0.1, 0.15) is 169 Å². The Kier molecular flexibility index (Phi) is 32.7. The van der Waals surface area contributed by atoms with Crippen molar-refractivity contribution >= 4 is 64.9 Å². The molecule has 23 heteroatoms. The quantitative estimate of drug-likeness (QED) is 0.0288. The van der Waals surface area contributed by atoms with Gasteiger partial charge in [-0.2, -0.15) is 0 Å². The molecule has 0 spiro atoms. The summed E-state index contributed by atoms with van der Waals surface area (Å²) in [6, 6.07) is 11.5. The van der Waals surface area contributed by atoms with E-state index in [9.17, 15) is 63.0 Å². The van der Waals surface area contributed by atoms with Crippen molar-refractivity contribution < 1.29 is 72.4 Å². The summed E-state index contributed by atoms with van der Waals surface area (Å²) in [7, 11) is 4.65. The molecule has 2 aromatic rings. The van der Waals surface area contributed by atoms with E-state index in [2.05, 4.69) is 16.0 Å². The number of nitrogens with one attached hydrogen (secondary N) is 3. The highest BCUT2D eigenvalue weighted by atomic mass is 16.6. The highest BCUT2D eigenvalue weighted by Crippen LogP contribution is 2.33. The van der Waals surface area contributed by atoms with Gasteiger partial charge in [0.15, 0.2) is 11.6 Å². The SMILES string of the molecule is CC[C@H](C)[C@@H]([C@@H](CC(=O)N1CCC[C@H]1[C@H](CO)[C@@H](C)C(=O)N[C@H](C)[C@@H](O)c1ccccc1)OC)N(C)C(=O)[C@@H](CC(=O)C(C(C)C)N(C)C(=O)OCc1ccc(CC(=O)[C@@H](CCCNC(N)=O)NC(=O)[C@@H](CC(=O)CCCCCN2C(=O)C=CC2=O)C(C)C)cc1)C(C)C. The number of nitrogens with zero attached hydrogens (tertiary/aromatic N) is 4. The van der Waals surface area contributed by atoms with Crippen LogP contribution in [0.3, 0.4) is 0 Å². The number of aliphatic hydroxyl groups excluding tert-OH is 2. The van der Waals surface area contributed by atoms with Crippen molar-refractivity contribution in [1.29, 1.82) is 0 Å². The van der Waals surface area contributed by atoms with Crippen LogP contribution in [0.5, 0.6) is 0 Å². The lowest BCUT2D eigenvalue weighted by Gasteiger charge is -2.41. The zero-order valence-electron chi connectivity index (χ0n) is 57.8. The molecule has 23 nitrogen and oxygen atoms in total. The number of aliphatic hydroxyl groups is 2. The number of nitrogens with two attached hydrogens (primary N) is 1. The van der Waals surface area contributed by atoms with Gasteiger partial charge in [0, 0.05) is 115 Å². The average molecular weight is 1310 g/mol. The first-order valence-electron chi connectivity index (χ1n) is 33.6. The number of ketones is 3. The van der Waals surface area contributed by atoms with Crippen LogP contribution in [0.25, 0.3) is 0 Å². The van der Waals surface area contributed by atoms with E-state index in [-0.39, 0.29) is 135 Å². The fraction of sp³-hybridized carbons (Fsp3) is 0.648. The number of primary amides is 1. The maximum absolute atomic E-state index is 14.9. The van der Waals surface area contributed by atoms with Crippen LogP contribution in [0.4, 0.5) is 9.59 Å². The van der Waals surface area contributed by atoms with Crippen molar-refractivity contribution in [1.82, 2.24) is 35.6 Å². The molecular formula is C71H108N8O15. The summed E-state index contributed by atoms with van der Waals surface area (Å²) in [5.41, 5.74) is 7.11. The Morgan fingerprint density at radius 2 is 1.36 bits per heavy atom. The molecule has 7 N–H and O–H groups in total. The van der Waals surface area contributed by atoms with Gasteiger partial charge in [-0.25, -0.2) is 9.59 Å². The predicted octanol–water partition coefficient (Wildman–Crippen LogP) is 7.02. The molecular weight excluding hydrogens is 1200 g/mol. The highest BCUT2D eigenvalue weighted by molar-refractivity contribution is 6.12. The summed E-state index contributed by atoms with van der Waals surface area (Å²) < 4.78 is 11.8. The first-order chi connectivity index (χ1) is 44.5. The minimum absolute atomic E-state index is 0.0377. The molecule has 1 fully saturated rings. The number of hydrogen-bond acceptors (Lipinski definition) is 15. The van der Waals surface area contributed by atoms with Crippen LogP contribution in [-0.2, 0) is 65.7 Å². The number of urea groups is 1. The number of amides is 9. The summed E-state index contributed by atoms with van der Waals surface area (Å²) in [5.74, 6) is -6.80. The van der Waals surface area contributed by atoms with Gasteiger partial charge in [-0.15, -0.1) is 0 Å². The Morgan fingerprint density at radius 3 is 1.94 bits per heavy atom. The van der Waals surface area contributed by atoms with E-state index in [0.717, 1.165) is 4.90 Å². The Morgan fingerprint density at radius 1 is 0.734 bits per heavy atom. The van der Waals surface area contributed by atoms with Crippen molar-refractivity contribution in [3.63, 3.8) is 0 Å². The van der Waals surface area contributed by atoms with Crippen LogP contribution in [0, 0.1) is 47.3 Å². The second-order valence-corrected chi connectivity index (χ2v) is 26.8. The maximum atomic E-state index is 14.9. The van der Waals surface area contributed by atoms with E-state index in [1.54, 1.807) is 93.1 Å². The minimum atomic E-state index is -0.970. The molecule has 0 aliphatic carbocycles. The lowest BCUT2D eigenvalue weighted by molar-refractivity contribution is -0.148. The van der Waals surface area contributed by atoms with Crippen molar-refractivity contribution in [3.8, 4) is 0 Å². The number of carbonyl (C=O) groups is 11. The summed E-state index contributed by atoms with van der Waals surface area (Å²) >= 11 is 0. The summed E-state index contributed by atoms with van der Waals surface area (Å²) in [5, 5.41) is 30.0. The van der Waals surface area contributed by atoms with Crippen molar-refractivity contribution in [2.24, 2.45) is 53.1 Å². The van der Waals surface area contributed by atoms with Gasteiger partial charge in [0.05, 0.1) is 42.8 Å². The maximum Gasteiger partial charge on any atom is 0.410 e. The number of Topliss-reactive ketones (excluding diaryl/α,β-unsaturated/α-hetero) is 3. The number of carbonyl (C=O) groups excluding carboxylic acids is 11. The molecule has 0 bridgehead atoms. The third-order valence-electron chi connectivity index (χ3n) is 18.9. The zero-order chi connectivity index (χ0) is 70.1. The van der Waals surface area contributed by atoms with Gasteiger partial charge in [0.25, 0.3) is 11.8 Å². The van der Waals surface area contributed by atoms with Crippen molar-refractivity contribution in [3.05, 3.63) is 83.4 Å². The number of imide groups is 1. The van der Waals surface area contributed by atoms with E-state index < -0.39 is 84.1 Å². The van der Waals surface area contributed by atoms with Gasteiger partial charge < -0.3 is 56.1 Å². The topological polar surface area (TPSA) is 322 Å². The molecule has 2 heterocycles. The van der Waals surface area contributed by atoms with Crippen LogP contribution in [0.2, 0.25) is 0 Å². The second kappa shape index (κ2) is 38.9. The Bertz CT molecular complexity index is 2870. The lowest BCUT2D eigenvalue weighted by atomic mass is 9.83. The average Bonchev–Trinajstić information content (AvgIpc) is 1.33. The zero-order valence-corrected chi connectivity index (χ0v) is 57.8. The largest absolute Gasteiger partial charge is 0.445 e. The van der Waals surface area contributed by atoms with Gasteiger partial charge in [0.2, 0.25) is 23.6 Å². The molecule has 0 radical (unpaired) electrons. The van der Waals surface area contributed by atoms with Gasteiger partial charge >= 0.3 is 12.1 Å². The van der Waals surface area contributed by atoms with Crippen LogP contribution in [-0.4, -0.2) is 178 Å². The fourth-order valence-corrected chi connectivity index (χ4v) is 12.9. The Labute approximate surface area is 556 Å². The standard InChI is InChI=1S/C71H108N8O15/c1-14-46(8)65(60(93-13)40-63(86)78-36-22-27-57(78)55(41-80)47(9)67(88)74-48(10)66(87)51-23-17-15-18-24-51)76(11)69(90)54(44(4)5)39-59(83)64(45(6)7)77(12)71(92)94-42-50-30-28-49(29-31-50)37-58(82)56(26-21-34-73-70(72)91)75-68(89)53(43(2)3)38-52(81)25-19-16-20-35-79-61(84)32-33-62(79)85/h15,17-18,23-24,28-33,43-48,53-57,60,64-66,80,87H,14,16,19-22,25-27,34-42H2,1-13H3,(H,74,88)(H,75,89)(H3,72,73,91)/t46-,47+,48+,53-,54-,55+,56+,57-,60+,64?,65-,66+/m0/s1. The van der Waals surface area contributed by atoms with E-state index in [0.29, 0.717) is 68.2 Å². The highest BCUT2D eigenvalue weighted by Gasteiger charge is 2.44. The molecule has 2 aromatic carbocycles.